The monoisotopic (exact) mass is 436 g/mol. The van der Waals surface area contributed by atoms with Crippen LogP contribution in [0.4, 0.5) is 5.82 Å². The van der Waals surface area contributed by atoms with Crippen molar-refractivity contribution in [1.29, 1.82) is 0 Å². The second kappa shape index (κ2) is 9.48. The van der Waals surface area contributed by atoms with Crippen LogP contribution in [0.2, 0.25) is 0 Å². The number of pyridine rings is 1. The molecule has 0 spiro atoms. The molecule has 10 nitrogen and oxygen atoms in total. The number of hydrogen-bond acceptors (Lipinski definition) is 7. The number of aromatic nitrogens is 3. The van der Waals surface area contributed by atoms with Crippen LogP contribution in [0.3, 0.4) is 0 Å². The molecule has 1 amide bonds. The predicted molar refractivity (Wildman–Crippen MR) is 124 cm³/mol. The lowest BCUT2D eigenvalue weighted by atomic mass is 9.99. The van der Waals surface area contributed by atoms with Crippen LogP contribution >= 0.6 is 0 Å². The van der Waals surface area contributed by atoms with E-state index in [1.54, 1.807) is 35.1 Å². The van der Waals surface area contributed by atoms with Crippen molar-refractivity contribution < 1.29 is 9.53 Å². The number of rotatable bonds is 6. The Bertz CT molecular complexity index is 1150. The molecule has 1 aromatic carbocycles. The molecule has 2 heterocycles. The fourth-order valence-electron chi connectivity index (χ4n) is 3.22. The summed E-state index contributed by atoms with van der Waals surface area (Å²) >= 11 is 0. The lowest BCUT2D eigenvalue weighted by molar-refractivity contribution is 0.102. The Hall–Kier alpha value is -3.92. The molecule has 32 heavy (non-hydrogen) atoms. The van der Waals surface area contributed by atoms with Crippen LogP contribution in [0.15, 0.2) is 47.8 Å². The van der Waals surface area contributed by atoms with Gasteiger partial charge in [0.1, 0.15) is 17.3 Å². The average Bonchev–Trinajstić information content (AvgIpc) is 3.20. The summed E-state index contributed by atoms with van der Waals surface area (Å²) in [5, 5.41) is 12.2. The third-order valence-electron chi connectivity index (χ3n) is 4.95. The van der Waals surface area contributed by atoms with E-state index in [9.17, 15) is 4.79 Å². The van der Waals surface area contributed by atoms with Gasteiger partial charge in [-0.05, 0) is 56.2 Å². The summed E-state index contributed by atoms with van der Waals surface area (Å²) in [5.74, 6) is 12.3. The molecule has 0 saturated carbocycles. The molecule has 0 unspecified atom stereocenters. The lowest BCUT2D eigenvalue weighted by Gasteiger charge is -2.23. The first kappa shape index (κ1) is 22.8. The van der Waals surface area contributed by atoms with Crippen molar-refractivity contribution in [3.05, 3.63) is 59.5 Å². The maximum Gasteiger partial charge on any atom is 0.260 e. The Labute approximate surface area is 186 Å². The summed E-state index contributed by atoms with van der Waals surface area (Å²) in [6.45, 7) is 5.76. The molecule has 0 bridgehead atoms. The van der Waals surface area contributed by atoms with E-state index in [0.29, 0.717) is 28.7 Å². The first-order valence-electron chi connectivity index (χ1n) is 10.0. The summed E-state index contributed by atoms with van der Waals surface area (Å²) in [5.41, 5.74) is 3.57. The minimum atomic E-state index is -0.364. The molecule has 0 fully saturated rings. The van der Waals surface area contributed by atoms with Gasteiger partial charge in [-0.15, -0.1) is 0 Å². The van der Waals surface area contributed by atoms with Crippen LogP contribution < -0.4 is 21.7 Å². The highest BCUT2D eigenvalue weighted by atomic mass is 16.5. The topological polar surface area (TPSA) is 137 Å². The first-order valence-corrected chi connectivity index (χ1v) is 10.0. The molecule has 0 aliphatic heterocycles. The van der Waals surface area contributed by atoms with Gasteiger partial charge in [0, 0.05) is 24.8 Å². The number of amides is 1. The van der Waals surface area contributed by atoms with Crippen LogP contribution in [0.25, 0.3) is 11.1 Å². The van der Waals surface area contributed by atoms with Gasteiger partial charge in [0.05, 0.1) is 18.9 Å². The van der Waals surface area contributed by atoms with Gasteiger partial charge >= 0.3 is 0 Å². The molecule has 0 aliphatic rings. The minimum Gasteiger partial charge on any atom is -0.496 e. The standard InChI is InChI=1S/C22H28N8O2/c1-13(2)30(24)21(28-23)18-7-6-8-20(26-18)27-22(31)17-10-16(14(3)9-19(17)32-5)15-11-25-29(4)12-15/h6-13H,23-24H2,1-5H3,(H,26,27,31)/b28-21-. The number of methoxy groups -OCH3 is 1. The van der Waals surface area contributed by atoms with Gasteiger partial charge in [0.25, 0.3) is 5.91 Å². The van der Waals surface area contributed by atoms with Crippen molar-refractivity contribution in [2.24, 2.45) is 23.8 Å². The zero-order chi connectivity index (χ0) is 23.4. The van der Waals surface area contributed by atoms with E-state index in [-0.39, 0.29) is 11.9 Å². The van der Waals surface area contributed by atoms with Gasteiger partial charge < -0.3 is 15.9 Å². The Morgan fingerprint density at radius 1 is 1.31 bits per heavy atom. The highest BCUT2D eigenvalue weighted by molar-refractivity contribution is 6.07. The van der Waals surface area contributed by atoms with Gasteiger partial charge in [-0.3, -0.25) is 14.5 Å². The van der Waals surface area contributed by atoms with Crippen LogP contribution in [0, 0.1) is 6.92 Å². The number of nitrogens with zero attached hydrogens (tertiary/aromatic N) is 5. The lowest BCUT2D eigenvalue weighted by Crippen LogP contribution is -2.44. The summed E-state index contributed by atoms with van der Waals surface area (Å²) in [6.07, 6.45) is 3.64. The first-order chi connectivity index (χ1) is 15.2. The molecule has 10 heteroatoms. The fourth-order valence-corrected chi connectivity index (χ4v) is 3.22. The summed E-state index contributed by atoms with van der Waals surface area (Å²) in [7, 11) is 3.37. The number of anilines is 1. The number of hydrazone groups is 1. The maximum atomic E-state index is 13.1. The number of carbonyl (C=O) groups excluding carboxylic acids is 1. The Morgan fingerprint density at radius 3 is 2.66 bits per heavy atom. The largest absolute Gasteiger partial charge is 0.496 e. The van der Waals surface area contributed by atoms with Crippen LogP contribution in [0.5, 0.6) is 5.75 Å². The molecule has 168 valence electrons. The van der Waals surface area contributed by atoms with E-state index in [4.69, 9.17) is 16.4 Å². The zero-order valence-electron chi connectivity index (χ0n) is 18.8. The van der Waals surface area contributed by atoms with Crippen LogP contribution in [-0.4, -0.2) is 44.7 Å². The number of ether oxygens (including phenoxy) is 1. The van der Waals surface area contributed by atoms with Crippen LogP contribution in [-0.2, 0) is 7.05 Å². The molecule has 0 saturated heterocycles. The molecule has 3 rings (SSSR count). The number of aryl methyl sites for hydroxylation is 2. The second-order valence-corrected chi connectivity index (χ2v) is 7.59. The smallest absolute Gasteiger partial charge is 0.260 e. The van der Waals surface area contributed by atoms with E-state index in [1.165, 1.54) is 12.1 Å². The quantitative estimate of drug-likeness (QED) is 0.233. The van der Waals surface area contributed by atoms with Crippen molar-refractivity contribution in [2.75, 3.05) is 12.4 Å². The van der Waals surface area contributed by atoms with E-state index >= 15 is 0 Å². The molecule has 0 radical (unpaired) electrons. The number of amidine groups is 1. The van der Waals surface area contributed by atoms with Gasteiger partial charge in [0.15, 0.2) is 5.84 Å². The van der Waals surface area contributed by atoms with E-state index in [1.807, 2.05) is 40.1 Å². The number of nitrogens with two attached hydrogens (primary N) is 2. The van der Waals surface area contributed by atoms with E-state index < -0.39 is 0 Å². The second-order valence-electron chi connectivity index (χ2n) is 7.59. The normalized spacial score (nSPS) is 11.5. The molecule has 5 N–H and O–H groups in total. The van der Waals surface area contributed by atoms with E-state index in [0.717, 1.165) is 16.7 Å². The van der Waals surface area contributed by atoms with Crippen molar-refractivity contribution in [2.45, 2.75) is 26.8 Å². The maximum absolute atomic E-state index is 13.1. The van der Waals surface area contributed by atoms with Crippen molar-refractivity contribution >= 4 is 17.6 Å². The molecule has 3 aromatic rings. The summed E-state index contributed by atoms with van der Waals surface area (Å²) < 4.78 is 7.17. The SMILES string of the molecule is COc1cc(C)c(-c2cnn(C)c2)cc1C(=O)Nc1cccc(/C(=N/N)N(N)C(C)C)n1. The third kappa shape index (κ3) is 4.70. The third-order valence-corrected chi connectivity index (χ3v) is 4.95. The number of nitrogens with one attached hydrogen (secondary N) is 1. The molecule has 0 aliphatic carbocycles. The molecular formula is C22H28N8O2. The number of carbonyl (C=O) groups is 1. The summed E-state index contributed by atoms with van der Waals surface area (Å²) in [6, 6.07) is 8.71. The average molecular weight is 437 g/mol. The van der Waals surface area contributed by atoms with Gasteiger partial charge in [0.2, 0.25) is 0 Å². The van der Waals surface area contributed by atoms with Gasteiger partial charge in [-0.2, -0.15) is 10.2 Å². The fraction of sp³-hybridized carbons (Fsp3) is 0.273. The van der Waals surface area contributed by atoms with E-state index in [2.05, 4.69) is 20.5 Å². The van der Waals surface area contributed by atoms with Crippen molar-refractivity contribution in [1.82, 2.24) is 19.8 Å². The number of hydrogen-bond donors (Lipinski definition) is 3. The number of benzene rings is 1. The Morgan fingerprint density at radius 2 is 2.06 bits per heavy atom. The summed E-state index contributed by atoms with van der Waals surface area (Å²) in [4.78, 5) is 17.6. The van der Waals surface area contributed by atoms with Gasteiger partial charge in [-0.1, -0.05) is 6.07 Å². The molecule has 0 atom stereocenters. The zero-order valence-corrected chi connectivity index (χ0v) is 18.8. The minimum absolute atomic E-state index is 0.0416. The number of hydrazine groups is 1. The highest BCUT2D eigenvalue weighted by Gasteiger charge is 2.19. The van der Waals surface area contributed by atoms with Gasteiger partial charge in [-0.25, -0.2) is 10.8 Å². The highest BCUT2D eigenvalue weighted by Crippen LogP contribution is 2.30. The van der Waals surface area contributed by atoms with Crippen molar-refractivity contribution in [3.63, 3.8) is 0 Å². The Balaban J connectivity index is 1.94. The predicted octanol–water partition coefficient (Wildman–Crippen LogP) is 2.26. The molecule has 2 aromatic heterocycles. The van der Waals surface area contributed by atoms with Crippen molar-refractivity contribution in [3.8, 4) is 16.9 Å². The Kier molecular flexibility index (Phi) is 6.74. The molecular weight excluding hydrogens is 408 g/mol. The van der Waals surface area contributed by atoms with Crippen LogP contribution in [0.1, 0.15) is 35.5 Å².